The molecule has 0 amide bonds. The lowest BCUT2D eigenvalue weighted by atomic mass is 9.97. The minimum absolute atomic E-state index is 0.516. The van der Waals surface area contributed by atoms with E-state index in [2.05, 4.69) is 36.1 Å². The number of aryl methyl sites for hydroxylation is 1. The number of likely N-dealkylation sites (tertiary alicyclic amines) is 1. The van der Waals surface area contributed by atoms with Gasteiger partial charge in [-0.15, -0.1) is 0 Å². The Morgan fingerprint density at radius 3 is 2.43 bits per heavy atom. The third kappa shape index (κ3) is 4.55. The van der Waals surface area contributed by atoms with Gasteiger partial charge in [-0.25, -0.2) is 0 Å². The van der Waals surface area contributed by atoms with Crippen molar-refractivity contribution in [2.24, 2.45) is 0 Å². The molecule has 1 aliphatic carbocycles. The minimum atomic E-state index is 0.516. The van der Waals surface area contributed by atoms with Crippen LogP contribution in [0.2, 0.25) is 0 Å². The van der Waals surface area contributed by atoms with Gasteiger partial charge >= 0.3 is 0 Å². The van der Waals surface area contributed by atoms with E-state index in [1.165, 1.54) is 69.2 Å². The molecule has 0 spiro atoms. The predicted octanol–water partition coefficient (Wildman–Crippen LogP) is 4.31. The molecule has 2 fully saturated rings. The molecule has 0 atom stereocenters. The van der Waals surface area contributed by atoms with Crippen LogP contribution in [0.1, 0.15) is 56.1 Å². The summed E-state index contributed by atoms with van der Waals surface area (Å²) in [4.78, 5) is 2.58. The molecule has 0 N–H and O–H groups in total. The lowest BCUT2D eigenvalue weighted by Gasteiger charge is -2.35. The van der Waals surface area contributed by atoms with E-state index in [4.69, 9.17) is 4.74 Å². The lowest BCUT2D eigenvalue weighted by Crippen LogP contribution is -2.38. The van der Waals surface area contributed by atoms with Gasteiger partial charge in [-0.3, -0.25) is 4.90 Å². The predicted molar refractivity (Wildman–Crippen MR) is 87.4 cm³/mol. The number of piperidine rings is 1. The highest BCUT2D eigenvalue weighted by atomic mass is 16.5. The van der Waals surface area contributed by atoms with Crippen molar-refractivity contribution < 1.29 is 4.74 Å². The Balaban J connectivity index is 1.42. The zero-order chi connectivity index (χ0) is 14.5. The lowest BCUT2D eigenvalue weighted by molar-refractivity contribution is -0.0565. The van der Waals surface area contributed by atoms with Crippen LogP contribution in [-0.4, -0.2) is 30.2 Å². The van der Waals surface area contributed by atoms with E-state index in [1.54, 1.807) is 0 Å². The van der Waals surface area contributed by atoms with Gasteiger partial charge in [-0.1, -0.05) is 49.1 Å². The van der Waals surface area contributed by atoms with Gasteiger partial charge in [0.25, 0.3) is 0 Å². The van der Waals surface area contributed by atoms with Gasteiger partial charge in [0, 0.05) is 19.6 Å². The van der Waals surface area contributed by atoms with Gasteiger partial charge in [0.2, 0.25) is 0 Å². The van der Waals surface area contributed by atoms with Crippen LogP contribution >= 0.6 is 0 Å². The normalized spacial score (nSPS) is 22.5. The Hall–Kier alpha value is -0.860. The van der Waals surface area contributed by atoms with Crippen LogP contribution in [0.5, 0.6) is 0 Å². The fraction of sp³-hybridized carbons (Fsp3) is 0.684. The molecule has 2 aliphatic rings. The summed E-state index contributed by atoms with van der Waals surface area (Å²) in [6.45, 7) is 5.64. The minimum Gasteiger partial charge on any atom is -0.375 e. The van der Waals surface area contributed by atoms with Crippen LogP contribution in [-0.2, 0) is 11.3 Å². The van der Waals surface area contributed by atoms with Crippen LogP contribution in [0.3, 0.4) is 0 Å². The second kappa shape index (κ2) is 7.42. The molecular formula is C19H29NO. The van der Waals surface area contributed by atoms with Crippen molar-refractivity contribution in [3.05, 3.63) is 35.4 Å². The van der Waals surface area contributed by atoms with Crippen LogP contribution < -0.4 is 0 Å². The van der Waals surface area contributed by atoms with Crippen LogP contribution in [0.15, 0.2) is 24.3 Å². The second-order valence-electron chi connectivity index (χ2n) is 6.86. The summed E-state index contributed by atoms with van der Waals surface area (Å²) in [5.41, 5.74) is 2.81. The summed E-state index contributed by atoms with van der Waals surface area (Å²) in [5.74, 6) is 0. The first kappa shape index (κ1) is 15.1. The molecular weight excluding hydrogens is 258 g/mol. The van der Waals surface area contributed by atoms with Crippen molar-refractivity contribution in [1.29, 1.82) is 0 Å². The molecule has 2 nitrogen and oxygen atoms in total. The van der Waals surface area contributed by atoms with Crippen LogP contribution in [0, 0.1) is 6.92 Å². The molecule has 2 heteroatoms. The number of benzene rings is 1. The zero-order valence-corrected chi connectivity index (χ0v) is 13.4. The molecule has 21 heavy (non-hydrogen) atoms. The second-order valence-corrected chi connectivity index (χ2v) is 6.86. The first-order valence-corrected chi connectivity index (χ1v) is 8.73. The maximum absolute atomic E-state index is 6.32. The highest BCUT2D eigenvalue weighted by Crippen LogP contribution is 2.25. The number of ether oxygens (including phenoxy) is 1. The average molecular weight is 287 g/mol. The zero-order valence-electron chi connectivity index (χ0n) is 13.4. The summed E-state index contributed by atoms with van der Waals surface area (Å²) in [6, 6.07) is 8.90. The van der Waals surface area contributed by atoms with Gasteiger partial charge in [0.15, 0.2) is 0 Å². The Kier molecular flexibility index (Phi) is 5.32. The third-order valence-corrected chi connectivity index (χ3v) is 4.96. The summed E-state index contributed by atoms with van der Waals surface area (Å²) in [5, 5.41) is 0. The van der Waals surface area contributed by atoms with Gasteiger partial charge in [-0.2, -0.15) is 0 Å². The van der Waals surface area contributed by atoms with Gasteiger partial charge < -0.3 is 4.74 Å². The van der Waals surface area contributed by atoms with E-state index in [1.807, 2.05) is 0 Å². The van der Waals surface area contributed by atoms with E-state index in [9.17, 15) is 0 Å². The van der Waals surface area contributed by atoms with Crippen molar-refractivity contribution in [3.8, 4) is 0 Å². The topological polar surface area (TPSA) is 12.5 Å². The molecule has 1 saturated carbocycles. The fourth-order valence-electron chi connectivity index (χ4n) is 3.75. The first-order valence-electron chi connectivity index (χ1n) is 8.73. The molecule has 3 rings (SSSR count). The monoisotopic (exact) mass is 287 g/mol. The number of hydrogen-bond donors (Lipinski definition) is 0. The average Bonchev–Trinajstić information content (AvgIpc) is 2.50. The van der Waals surface area contributed by atoms with E-state index in [-0.39, 0.29) is 0 Å². The summed E-state index contributed by atoms with van der Waals surface area (Å²) in [6.07, 6.45) is 10.2. The molecule has 116 valence electrons. The highest BCUT2D eigenvalue weighted by molar-refractivity contribution is 5.22. The Morgan fingerprint density at radius 1 is 1.00 bits per heavy atom. The first-order chi connectivity index (χ1) is 10.3. The number of rotatable bonds is 4. The van der Waals surface area contributed by atoms with Crippen molar-refractivity contribution in [3.63, 3.8) is 0 Å². The maximum Gasteiger partial charge on any atom is 0.0603 e. The van der Waals surface area contributed by atoms with Gasteiger partial charge in [0.05, 0.1) is 12.2 Å². The molecule has 0 radical (unpaired) electrons. The molecule has 1 aromatic rings. The summed E-state index contributed by atoms with van der Waals surface area (Å²) >= 11 is 0. The smallest absolute Gasteiger partial charge is 0.0603 e. The van der Waals surface area contributed by atoms with Crippen LogP contribution in [0.25, 0.3) is 0 Å². The van der Waals surface area contributed by atoms with E-state index in [0.717, 1.165) is 6.54 Å². The largest absolute Gasteiger partial charge is 0.375 e. The van der Waals surface area contributed by atoms with Gasteiger partial charge in [0.1, 0.15) is 0 Å². The van der Waals surface area contributed by atoms with Crippen molar-refractivity contribution in [2.75, 3.05) is 13.1 Å². The molecule has 1 aliphatic heterocycles. The molecule has 1 saturated heterocycles. The van der Waals surface area contributed by atoms with Crippen LogP contribution in [0.4, 0.5) is 0 Å². The molecule has 1 aromatic carbocycles. The quantitative estimate of drug-likeness (QED) is 0.818. The molecule has 0 aromatic heterocycles. The SMILES string of the molecule is Cc1cccc(CN2CCC(OC3CCCCC3)CC2)c1. The van der Waals surface area contributed by atoms with Gasteiger partial charge in [-0.05, 0) is 38.2 Å². The Morgan fingerprint density at radius 2 is 1.71 bits per heavy atom. The van der Waals surface area contributed by atoms with E-state index in [0.29, 0.717) is 12.2 Å². The van der Waals surface area contributed by atoms with E-state index >= 15 is 0 Å². The van der Waals surface area contributed by atoms with Crippen molar-refractivity contribution in [1.82, 2.24) is 4.90 Å². The molecule has 0 bridgehead atoms. The molecule has 0 unspecified atom stereocenters. The van der Waals surface area contributed by atoms with E-state index < -0.39 is 0 Å². The number of nitrogens with zero attached hydrogens (tertiary/aromatic N) is 1. The third-order valence-electron chi connectivity index (χ3n) is 4.96. The summed E-state index contributed by atoms with van der Waals surface area (Å²) < 4.78 is 6.32. The number of hydrogen-bond acceptors (Lipinski definition) is 2. The van der Waals surface area contributed by atoms with Crippen molar-refractivity contribution >= 4 is 0 Å². The summed E-state index contributed by atoms with van der Waals surface area (Å²) in [7, 11) is 0. The standard InChI is InChI=1S/C19H29NO/c1-16-6-5-7-17(14-16)15-20-12-10-19(11-13-20)21-18-8-3-2-4-9-18/h5-7,14,18-19H,2-4,8-13,15H2,1H3. The Labute approximate surface area is 129 Å². The fourth-order valence-corrected chi connectivity index (χ4v) is 3.75. The highest BCUT2D eigenvalue weighted by Gasteiger charge is 2.23. The Bertz CT molecular complexity index is 431. The van der Waals surface area contributed by atoms with Crippen molar-refractivity contribution in [2.45, 2.75) is 70.6 Å². The maximum atomic E-state index is 6.32. The molecule has 1 heterocycles.